The quantitative estimate of drug-likeness (QED) is 0.671. The third-order valence-electron chi connectivity index (χ3n) is 5.28. The number of hydrogen-bond acceptors (Lipinski definition) is 4. The molecule has 5 nitrogen and oxygen atoms in total. The summed E-state index contributed by atoms with van der Waals surface area (Å²) < 4.78 is 24.9. The van der Waals surface area contributed by atoms with Crippen molar-refractivity contribution in [3.05, 3.63) is 59.1 Å². The summed E-state index contributed by atoms with van der Waals surface area (Å²) in [5, 5.41) is 3.29. The van der Waals surface area contributed by atoms with E-state index in [0.717, 1.165) is 0 Å². The van der Waals surface area contributed by atoms with Crippen molar-refractivity contribution < 1.29 is 23.1 Å². The van der Waals surface area contributed by atoms with E-state index < -0.39 is 11.5 Å². The van der Waals surface area contributed by atoms with Gasteiger partial charge in [-0.2, -0.15) is 0 Å². The van der Waals surface area contributed by atoms with Crippen molar-refractivity contribution in [1.29, 1.82) is 0 Å². The van der Waals surface area contributed by atoms with Gasteiger partial charge in [-0.05, 0) is 56.7 Å². The molecule has 144 valence electrons. The van der Waals surface area contributed by atoms with Crippen LogP contribution in [-0.2, 0) is 0 Å². The van der Waals surface area contributed by atoms with Gasteiger partial charge in [0.15, 0.2) is 11.5 Å². The Morgan fingerprint density at radius 3 is 2.61 bits per heavy atom. The van der Waals surface area contributed by atoms with E-state index in [1.807, 2.05) is 13.8 Å². The number of furan rings is 1. The molecule has 0 spiro atoms. The van der Waals surface area contributed by atoms with Gasteiger partial charge >= 0.3 is 0 Å². The number of carbonyl (C=O) groups is 2. The molecule has 1 unspecified atom stereocenters. The number of rotatable bonds is 3. The molecule has 28 heavy (non-hydrogen) atoms. The van der Waals surface area contributed by atoms with Gasteiger partial charge in [-0.25, -0.2) is 4.39 Å². The number of ketones is 1. The molecule has 1 atom stereocenters. The SMILES string of the molecule is CCC1(C)CC(=O)c2c(ccc3oc(C(=O)Nc4ccc(F)cc4)c(C)c23)O1. The molecule has 3 aromatic rings. The number of nitrogens with one attached hydrogen (secondary N) is 1. The zero-order valence-electron chi connectivity index (χ0n) is 15.9. The van der Waals surface area contributed by atoms with E-state index in [-0.39, 0.29) is 23.8 Å². The van der Waals surface area contributed by atoms with Crippen LogP contribution in [0, 0.1) is 12.7 Å². The number of Topliss-reactive ketones (excluding diaryl/α,β-unsaturated/α-hetero) is 1. The van der Waals surface area contributed by atoms with Crippen molar-refractivity contribution in [2.75, 3.05) is 5.32 Å². The normalized spacial score (nSPS) is 18.6. The molecule has 0 saturated heterocycles. The van der Waals surface area contributed by atoms with E-state index in [2.05, 4.69) is 5.32 Å². The Kier molecular flexibility index (Phi) is 4.22. The van der Waals surface area contributed by atoms with Gasteiger partial charge in [0.05, 0.1) is 12.0 Å². The summed E-state index contributed by atoms with van der Waals surface area (Å²) in [6.45, 7) is 5.65. The Morgan fingerprint density at radius 1 is 1.21 bits per heavy atom. The van der Waals surface area contributed by atoms with Crippen LogP contribution in [0.3, 0.4) is 0 Å². The molecular formula is C22H20FNO4. The van der Waals surface area contributed by atoms with Crippen molar-refractivity contribution in [3.63, 3.8) is 0 Å². The lowest BCUT2D eigenvalue weighted by Crippen LogP contribution is -2.38. The van der Waals surface area contributed by atoms with Gasteiger partial charge in [0.2, 0.25) is 0 Å². The highest BCUT2D eigenvalue weighted by Gasteiger charge is 2.37. The molecule has 1 amide bonds. The fraction of sp³-hybridized carbons (Fsp3) is 0.273. The predicted molar refractivity (Wildman–Crippen MR) is 104 cm³/mol. The van der Waals surface area contributed by atoms with Gasteiger partial charge in [-0.15, -0.1) is 0 Å². The number of fused-ring (bicyclic) bond motifs is 3. The lowest BCUT2D eigenvalue weighted by molar-refractivity contribution is 0.0503. The Labute approximate surface area is 161 Å². The molecule has 0 fully saturated rings. The number of halogens is 1. The Hall–Kier alpha value is -3.15. The molecule has 1 aliphatic rings. The topological polar surface area (TPSA) is 68.5 Å². The minimum atomic E-state index is -0.530. The van der Waals surface area contributed by atoms with Crippen molar-refractivity contribution in [3.8, 4) is 5.75 Å². The highest BCUT2D eigenvalue weighted by atomic mass is 19.1. The first-order valence-corrected chi connectivity index (χ1v) is 9.16. The van der Waals surface area contributed by atoms with Crippen molar-refractivity contribution >= 4 is 28.3 Å². The minimum Gasteiger partial charge on any atom is -0.486 e. The number of amides is 1. The van der Waals surface area contributed by atoms with Crippen LogP contribution < -0.4 is 10.1 Å². The smallest absolute Gasteiger partial charge is 0.291 e. The molecule has 1 aromatic heterocycles. The maximum atomic E-state index is 13.1. The van der Waals surface area contributed by atoms with Crippen LogP contribution in [-0.4, -0.2) is 17.3 Å². The van der Waals surface area contributed by atoms with Crippen LogP contribution in [0.5, 0.6) is 5.75 Å². The molecule has 2 aromatic carbocycles. The number of benzene rings is 2. The Bertz CT molecular complexity index is 1100. The van der Waals surface area contributed by atoms with Crippen LogP contribution in [0.4, 0.5) is 10.1 Å². The Balaban J connectivity index is 1.75. The average molecular weight is 381 g/mol. The highest BCUT2D eigenvalue weighted by molar-refractivity contribution is 6.14. The van der Waals surface area contributed by atoms with Crippen molar-refractivity contribution in [1.82, 2.24) is 0 Å². The van der Waals surface area contributed by atoms with Crippen LogP contribution in [0.2, 0.25) is 0 Å². The van der Waals surface area contributed by atoms with E-state index >= 15 is 0 Å². The lowest BCUT2D eigenvalue weighted by atomic mass is 9.87. The number of carbonyl (C=O) groups excluding carboxylic acids is 2. The second-order valence-corrected chi connectivity index (χ2v) is 7.33. The first-order valence-electron chi connectivity index (χ1n) is 9.16. The van der Waals surface area contributed by atoms with Crippen molar-refractivity contribution in [2.24, 2.45) is 0 Å². The van der Waals surface area contributed by atoms with Gasteiger partial charge in [0.1, 0.15) is 22.8 Å². The number of hydrogen-bond donors (Lipinski definition) is 1. The van der Waals surface area contributed by atoms with Gasteiger partial charge in [0.25, 0.3) is 5.91 Å². The summed E-state index contributed by atoms with van der Waals surface area (Å²) in [7, 11) is 0. The average Bonchev–Trinajstić information content (AvgIpc) is 3.00. The first kappa shape index (κ1) is 18.2. The summed E-state index contributed by atoms with van der Waals surface area (Å²) in [6.07, 6.45) is 0.989. The monoisotopic (exact) mass is 381 g/mol. The lowest BCUT2D eigenvalue weighted by Gasteiger charge is -2.34. The molecule has 2 heterocycles. The molecular weight excluding hydrogens is 361 g/mol. The summed E-state index contributed by atoms with van der Waals surface area (Å²) >= 11 is 0. The summed E-state index contributed by atoms with van der Waals surface area (Å²) in [5.41, 5.74) is 1.41. The number of anilines is 1. The van der Waals surface area contributed by atoms with E-state index in [0.29, 0.717) is 40.0 Å². The summed E-state index contributed by atoms with van der Waals surface area (Å²) in [4.78, 5) is 25.5. The molecule has 0 radical (unpaired) electrons. The molecule has 6 heteroatoms. The third kappa shape index (κ3) is 2.95. The number of aryl methyl sites for hydroxylation is 1. The fourth-order valence-electron chi connectivity index (χ4n) is 3.55. The molecule has 0 saturated carbocycles. The number of ether oxygens (including phenoxy) is 1. The standard InChI is InChI=1S/C22H20FNO4/c1-4-22(3)11-15(25)19-17(28-22)10-9-16-18(19)12(2)20(27-16)21(26)24-14-7-5-13(23)6-8-14/h5-10H,4,11H2,1-3H3,(H,24,26). The highest BCUT2D eigenvalue weighted by Crippen LogP contribution is 2.41. The zero-order valence-corrected chi connectivity index (χ0v) is 15.9. The molecule has 0 aliphatic carbocycles. The Morgan fingerprint density at radius 2 is 1.93 bits per heavy atom. The van der Waals surface area contributed by atoms with Crippen LogP contribution in [0.15, 0.2) is 40.8 Å². The molecule has 4 rings (SSSR count). The van der Waals surface area contributed by atoms with Gasteiger partial charge < -0.3 is 14.5 Å². The molecule has 1 N–H and O–H groups in total. The minimum absolute atomic E-state index is 0.0226. The molecule has 0 bridgehead atoms. The van der Waals surface area contributed by atoms with E-state index in [1.54, 1.807) is 19.1 Å². The third-order valence-corrected chi connectivity index (χ3v) is 5.28. The van der Waals surface area contributed by atoms with Crippen LogP contribution in [0.1, 0.15) is 53.2 Å². The van der Waals surface area contributed by atoms with E-state index in [4.69, 9.17) is 9.15 Å². The van der Waals surface area contributed by atoms with E-state index in [1.165, 1.54) is 24.3 Å². The van der Waals surface area contributed by atoms with Crippen LogP contribution >= 0.6 is 0 Å². The summed E-state index contributed by atoms with van der Waals surface area (Å²) in [6, 6.07) is 8.89. The predicted octanol–water partition coefficient (Wildman–Crippen LogP) is 5.27. The second-order valence-electron chi connectivity index (χ2n) is 7.33. The maximum absolute atomic E-state index is 13.1. The van der Waals surface area contributed by atoms with Crippen LogP contribution in [0.25, 0.3) is 11.0 Å². The second kappa shape index (κ2) is 6.48. The van der Waals surface area contributed by atoms with E-state index in [9.17, 15) is 14.0 Å². The van der Waals surface area contributed by atoms with Gasteiger partial charge in [-0.1, -0.05) is 6.92 Å². The van der Waals surface area contributed by atoms with Gasteiger partial charge in [-0.3, -0.25) is 9.59 Å². The first-order chi connectivity index (χ1) is 13.3. The molecule has 1 aliphatic heterocycles. The maximum Gasteiger partial charge on any atom is 0.291 e. The summed E-state index contributed by atoms with van der Waals surface area (Å²) in [5.74, 6) is -0.240. The van der Waals surface area contributed by atoms with Crippen molar-refractivity contribution in [2.45, 2.75) is 39.2 Å². The largest absolute Gasteiger partial charge is 0.486 e. The fourth-order valence-corrected chi connectivity index (χ4v) is 3.55. The zero-order chi connectivity index (χ0) is 20.1. The van der Waals surface area contributed by atoms with Gasteiger partial charge in [0, 0.05) is 16.6 Å².